The van der Waals surface area contributed by atoms with E-state index < -0.39 is 11.9 Å². The fourth-order valence-corrected chi connectivity index (χ4v) is 3.51. The SMILES string of the molecule is CC(C(=O)Nc1ccc(Cl)cc1F)N1CCCC(C(=O)Nc2ccc(Cl)cn2)C1. The molecule has 9 heteroatoms. The molecule has 0 spiro atoms. The zero-order chi connectivity index (χ0) is 21.0. The third kappa shape index (κ3) is 5.65. The quantitative estimate of drug-likeness (QED) is 0.732. The van der Waals surface area contributed by atoms with E-state index in [4.69, 9.17) is 23.2 Å². The van der Waals surface area contributed by atoms with Crippen LogP contribution in [0, 0.1) is 11.7 Å². The van der Waals surface area contributed by atoms with Gasteiger partial charge in [-0.3, -0.25) is 14.5 Å². The lowest BCUT2D eigenvalue weighted by molar-refractivity contribution is -0.125. The van der Waals surface area contributed by atoms with Crippen molar-refractivity contribution in [2.45, 2.75) is 25.8 Å². The number of piperidine rings is 1. The lowest BCUT2D eigenvalue weighted by atomic mass is 9.96. The molecule has 2 aromatic rings. The molecule has 1 aliphatic heterocycles. The molecular formula is C20H21Cl2FN4O2. The lowest BCUT2D eigenvalue weighted by Gasteiger charge is -2.35. The molecule has 1 aliphatic rings. The number of hydrogen-bond donors (Lipinski definition) is 2. The standard InChI is InChI=1S/C20H21Cl2FN4O2/c1-12(19(28)25-17-6-4-14(21)9-16(17)23)27-8-2-3-13(11-27)20(29)26-18-7-5-15(22)10-24-18/h4-7,9-10,12-13H,2-3,8,11H2,1H3,(H,25,28)(H,24,26,29). The van der Waals surface area contributed by atoms with Crippen molar-refractivity contribution in [2.75, 3.05) is 23.7 Å². The Balaban J connectivity index is 1.59. The summed E-state index contributed by atoms with van der Waals surface area (Å²) >= 11 is 11.5. The van der Waals surface area contributed by atoms with Gasteiger partial charge in [-0.25, -0.2) is 9.37 Å². The van der Waals surface area contributed by atoms with Crippen LogP contribution < -0.4 is 10.6 Å². The van der Waals surface area contributed by atoms with Gasteiger partial charge >= 0.3 is 0 Å². The van der Waals surface area contributed by atoms with Gasteiger partial charge in [-0.05, 0) is 56.6 Å². The number of amides is 2. The van der Waals surface area contributed by atoms with Crippen LogP contribution in [0.3, 0.4) is 0 Å². The van der Waals surface area contributed by atoms with Gasteiger partial charge in [0.2, 0.25) is 11.8 Å². The van der Waals surface area contributed by atoms with Gasteiger partial charge in [-0.15, -0.1) is 0 Å². The maximum Gasteiger partial charge on any atom is 0.241 e. The van der Waals surface area contributed by atoms with Crippen LogP contribution in [0.15, 0.2) is 36.5 Å². The molecule has 154 valence electrons. The van der Waals surface area contributed by atoms with Gasteiger partial charge < -0.3 is 10.6 Å². The van der Waals surface area contributed by atoms with Crippen molar-refractivity contribution in [2.24, 2.45) is 5.92 Å². The summed E-state index contributed by atoms with van der Waals surface area (Å²) in [5.41, 5.74) is 0.0753. The maximum absolute atomic E-state index is 13.9. The molecule has 1 fully saturated rings. The highest BCUT2D eigenvalue weighted by Crippen LogP contribution is 2.23. The van der Waals surface area contributed by atoms with E-state index in [0.29, 0.717) is 23.9 Å². The number of nitrogens with one attached hydrogen (secondary N) is 2. The third-order valence-corrected chi connectivity index (χ3v) is 5.38. The summed E-state index contributed by atoms with van der Waals surface area (Å²) in [6, 6.07) is 6.85. The van der Waals surface area contributed by atoms with E-state index in [9.17, 15) is 14.0 Å². The molecule has 2 N–H and O–H groups in total. The topological polar surface area (TPSA) is 74.3 Å². The second-order valence-corrected chi connectivity index (χ2v) is 7.85. The molecule has 6 nitrogen and oxygen atoms in total. The molecular weight excluding hydrogens is 418 g/mol. The fraction of sp³-hybridized carbons (Fsp3) is 0.350. The van der Waals surface area contributed by atoms with Crippen molar-refractivity contribution in [3.05, 3.63) is 52.4 Å². The predicted octanol–water partition coefficient (Wildman–Crippen LogP) is 4.21. The third-order valence-electron chi connectivity index (χ3n) is 4.92. The van der Waals surface area contributed by atoms with Gasteiger partial charge in [0.15, 0.2) is 0 Å². The lowest BCUT2D eigenvalue weighted by Crippen LogP contribution is -2.49. The molecule has 0 bridgehead atoms. The summed E-state index contributed by atoms with van der Waals surface area (Å²) in [5, 5.41) is 6.12. The molecule has 0 aliphatic carbocycles. The first-order chi connectivity index (χ1) is 13.8. The minimum atomic E-state index is -0.593. The Morgan fingerprint density at radius 2 is 1.97 bits per heavy atom. The van der Waals surface area contributed by atoms with E-state index in [1.807, 2.05) is 4.90 Å². The molecule has 2 amide bonds. The largest absolute Gasteiger partial charge is 0.322 e. The summed E-state index contributed by atoms with van der Waals surface area (Å²) in [5.74, 6) is -0.929. The summed E-state index contributed by atoms with van der Waals surface area (Å²) in [6.45, 7) is 2.85. The molecule has 29 heavy (non-hydrogen) atoms. The van der Waals surface area contributed by atoms with Crippen molar-refractivity contribution < 1.29 is 14.0 Å². The number of rotatable bonds is 5. The number of nitrogens with zero attached hydrogens (tertiary/aromatic N) is 2. The molecule has 1 saturated heterocycles. The molecule has 2 unspecified atom stereocenters. The number of benzene rings is 1. The summed E-state index contributed by atoms with van der Waals surface area (Å²) < 4.78 is 13.9. The van der Waals surface area contributed by atoms with E-state index in [1.54, 1.807) is 19.1 Å². The fourth-order valence-electron chi connectivity index (χ4n) is 3.24. The van der Waals surface area contributed by atoms with Crippen LogP contribution in [0.25, 0.3) is 0 Å². The van der Waals surface area contributed by atoms with Crippen molar-refractivity contribution in [1.82, 2.24) is 9.88 Å². The first-order valence-electron chi connectivity index (χ1n) is 9.26. The number of pyridine rings is 1. The molecule has 0 saturated carbocycles. The van der Waals surface area contributed by atoms with Crippen molar-refractivity contribution in [3.8, 4) is 0 Å². The number of likely N-dealkylation sites (tertiary alicyclic amines) is 1. The van der Waals surface area contributed by atoms with E-state index in [0.717, 1.165) is 18.9 Å². The number of halogens is 3. The number of carbonyl (C=O) groups is 2. The Labute approximate surface area is 178 Å². The van der Waals surface area contributed by atoms with E-state index in [1.165, 1.54) is 18.3 Å². The van der Waals surface area contributed by atoms with Crippen molar-refractivity contribution in [1.29, 1.82) is 0 Å². The van der Waals surface area contributed by atoms with Crippen LogP contribution in [0.1, 0.15) is 19.8 Å². The van der Waals surface area contributed by atoms with Crippen LogP contribution >= 0.6 is 23.2 Å². The minimum absolute atomic E-state index is 0.0753. The van der Waals surface area contributed by atoms with Gasteiger partial charge in [0.25, 0.3) is 0 Å². The number of carbonyl (C=O) groups excluding carboxylic acids is 2. The smallest absolute Gasteiger partial charge is 0.241 e. The first-order valence-corrected chi connectivity index (χ1v) is 10.0. The highest BCUT2D eigenvalue weighted by Gasteiger charge is 2.31. The van der Waals surface area contributed by atoms with Crippen LogP contribution in [-0.2, 0) is 9.59 Å². The first kappa shape index (κ1) is 21.5. The Morgan fingerprint density at radius 1 is 1.21 bits per heavy atom. The Hall–Kier alpha value is -2.22. The summed E-state index contributed by atoms with van der Waals surface area (Å²) in [7, 11) is 0. The van der Waals surface area contributed by atoms with Gasteiger partial charge in [-0.2, -0.15) is 0 Å². The molecule has 1 aromatic heterocycles. The van der Waals surface area contributed by atoms with Gasteiger partial charge in [0.1, 0.15) is 11.6 Å². The Kier molecular flexibility index (Phi) is 7.05. The predicted molar refractivity (Wildman–Crippen MR) is 112 cm³/mol. The minimum Gasteiger partial charge on any atom is -0.322 e. The summed E-state index contributed by atoms with van der Waals surface area (Å²) in [6.07, 6.45) is 2.96. The number of aromatic nitrogens is 1. The zero-order valence-corrected chi connectivity index (χ0v) is 17.3. The Bertz CT molecular complexity index is 895. The second-order valence-electron chi connectivity index (χ2n) is 6.97. The van der Waals surface area contributed by atoms with E-state index in [2.05, 4.69) is 15.6 Å². The molecule has 0 radical (unpaired) electrons. The van der Waals surface area contributed by atoms with Gasteiger partial charge in [0, 0.05) is 17.8 Å². The monoisotopic (exact) mass is 438 g/mol. The second kappa shape index (κ2) is 9.52. The van der Waals surface area contributed by atoms with Gasteiger partial charge in [-0.1, -0.05) is 23.2 Å². The number of anilines is 2. The highest BCUT2D eigenvalue weighted by molar-refractivity contribution is 6.30. The van der Waals surface area contributed by atoms with Crippen LogP contribution in [0.4, 0.5) is 15.9 Å². The van der Waals surface area contributed by atoms with Gasteiger partial charge in [0.05, 0.1) is 22.7 Å². The summed E-state index contributed by atoms with van der Waals surface area (Å²) in [4.78, 5) is 31.2. The normalized spacial score (nSPS) is 18.1. The molecule has 1 aromatic carbocycles. The average Bonchev–Trinajstić information content (AvgIpc) is 2.71. The molecule has 3 rings (SSSR count). The van der Waals surface area contributed by atoms with Crippen molar-refractivity contribution in [3.63, 3.8) is 0 Å². The molecule has 2 heterocycles. The van der Waals surface area contributed by atoms with E-state index >= 15 is 0 Å². The maximum atomic E-state index is 13.9. The zero-order valence-electron chi connectivity index (χ0n) is 15.8. The van der Waals surface area contributed by atoms with Crippen LogP contribution in [0.5, 0.6) is 0 Å². The van der Waals surface area contributed by atoms with Crippen LogP contribution in [-0.4, -0.2) is 40.8 Å². The Morgan fingerprint density at radius 3 is 2.66 bits per heavy atom. The van der Waals surface area contributed by atoms with Crippen LogP contribution in [0.2, 0.25) is 10.0 Å². The van der Waals surface area contributed by atoms with Crippen molar-refractivity contribution >= 4 is 46.5 Å². The number of hydrogen-bond acceptors (Lipinski definition) is 4. The highest BCUT2D eigenvalue weighted by atomic mass is 35.5. The molecule has 2 atom stereocenters. The average molecular weight is 439 g/mol. The van der Waals surface area contributed by atoms with E-state index in [-0.39, 0.29) is 28.4 Å².